The third-order valence-corrected chi connectivity index (χ3v) is 8.43. The molecule has 0 aromatic rings. The summed E-state index contributed by atoms with van der Waals surface area (Å²) in [6.07, 6.45) is 0. The fraction of sp³-hybridized carbons (Fsp3) is 1.00. The number of halogens is 1. The van der Waals surface area contributed by atoms with Crippen LogP contribution >= 0.6 is 15.3 Å². The maximum absolute atomic E-state index is 5.18. The summed E-state index contributed by atoms with van der Waals surface area (Å²) in [5.74, 6) is 0. The van der Waals surface area contributed by atoms with E-state index < -0.39 is 7.18 Å². The molecule has 0 spiro atoms. The normalized spacial score (nSPS) is 12.7. The fourth-order valence-electron chi connectivity index (χ4n) is 0.555. The predicted octanol–water partition coefficient (Wildman–Crippen LogP) is 2.02. The van der Waals surface area contributed by atoms with Gasteiger partial charge in [-0.15, -0.1) is 0 Å². The summed E-state index contributed by atoms with van der Waals surface area (Å²) in [6, 6.07) is 0. The Morgan fingerprint density at radius 3 is 1.56 bits per heavy atom. The molecule has 0 atom stereocenters. The Bertz CT molecular complexity index is 83.0. The highest BCUT2D eigenvalue weighted by Crippen LogP contribution is 2.27. The van der Waals surface area contributed by atoms with E-state index in [0.29, 0.717) is 5.54 Å². The highest BCUT2D eigenvalue weighted by molar-refractivity contribution is 9.25. The molecular weight excluding hydrogens is 200 g/mol. The van der Waals surface area contributed by atoms with Crippen LogP contribution in [0.1, 0.15) is 13.8 Å². The van der Waals surface area contributed by atoms with Crippen LogP contribution in [0.25, 0.3) is 0 Å². The third-order valence-electron chi connectivity index (χ3n) is 1.25. The Labute approximate surface area is 65.4 Å². The molecule has 56 valence electrons. The van der Waals surface area contributed by atoms with Gasteiger partial charge in [-0.2, -0.15) is 0 Å². The first-order valence-electron chi connectivity index (χ1n) is 2.86. The van der Waals surface area contributed by atoms with Gasteiger partial charge < -0.3 is 8.85 Å². The van der Waals surface area contributed by atoms with E-state index in [2.05, 4.69) is 29.1 Å². The molecule has 0 amide bonds. The number of hydrogen-bond donors (Lipinski definition) is 0. The summed E-state index contributed by atoms with van der Waals surface area (Å²) >= 11 is 3.44. The highest BCUT2D eigenvalue weighted by Gasteiger charge is 2.36. The first-order chi connectivity index (χ1) is 4.06. The van der Waals surface area contributed by atoms with Crippen molar-refractivity contribution in [2.24, 2.45) is 0 Å². The van der Waals surface area contributed by atoms with Gasteiger partial charge in [0.05, 0.1) is 0 Å². The van der Waals surface area contributed by atoms with Gasteiger partial charge in [-0.25, -0.2) is 0 Å². The monoisotopic (exact) mass is 212 g/mol. The fourth-order valence-corrected chi connectivity index (χ4v) is 1.66. The molecule has 0 fully saturated rings. The average Bonchev–Trinajstić information content (AvgIpc) is 1.86. The molecule has 0 aromatic carbocycles. The minimum atomic E-state index is -1.96. The van der Waals surface area contributed by atoms with E-state index in [0.717, 1.165) is 0 Å². The van der Waals surface area contributed by atoms with E-state index in [1.165, 1.54) is 0 Å². The zero-order chi connectivity index (χ0) is 7.49. The minimum Gasteiger partial charge on any atom is -0.390 e. The molecule has 0 N–H and O–H groups in total. The second-order valence-electron chi connectivity index (χ2n) is 2.15. The molecule has 0 saturated carbocycles. The zero-order valence-corrected chi connectivity index (χ0v) is 8.86. The Hall–Kier alpha value is 0.617. The quantitative estimate of drug-likeness (QED) is 0.527. The first kappa shape index (κ1) is 9.62. The van der Waals surface area contributed by atoms with Gasteiger partial charge in [0, 0.05) is 19.8 Å². The Balaban J connectivity index is 3.92. The largest absolute Gasteiger partial charge is 0.416 e. The molecule has 0 aliphatic carbocycles. The number of rotatable bonds is 3. The maximum Gasteiger partial charge on any atom is 0.416 e. The number of hydrogen-bond acceptors (Lipinski definition) is 2. The van der Waals surface area contributed by atoms with Gasteiger partial charge in [0.25, 0.3) is 0 Å². The molecule has 0 rings (SSSR count). The zero-order valence-electron chi connectivity index (χ0n) is 6.27. The van der Waals surface area contributed by atoms with Gasteiger partial charge in [0.1, 0.15) is 0 Å². The third kappa shape index (κ3) is 2.37. The predicted molar refractivity (Wildman–Crippen MR) is 43.8 cm³/mol. The molecule has 0 aromatic heterocycles. The molecule has 0 saturated heterocycles. The average molecular weight is 213 g/mol. The van der Waals surface area contributed by atoms with E-state index >= 15 is 0 Å². The van der Waals surface area contributed by atoms with Crippen molar-refractivity contribution in [3.8, 4) is 0 Å². The van der Waals surface area contributed by atoms with E-state index in [-0.39, 0.29) is 0 Å². The van der Waals surface area contributed by atoms with E-state index in [1.54, 1.807) is 14.2 Å². The van der Waals surface area contributed by atoms with Crippen LogP contribution in [0.5, 0.6) is 0 Å². The molecule has 0 bridgehead atoms. The topological polar surface area (TPSA) is 18.5 Å². The maximum atomic E-state index is 5.18. The standard InChI is InChI=1S/C5H13BrO2Si/c1-5(2)9(6,7-3)8-4/h5H,1-4H3. The van der Waals surface area contributed by atoms with Crippen LogP contribution in [0, 0.1) is 0 Å². The van der Waals surface area contributed by atoms with Gasteiger partial charge in [0.2, 0.25) is 0 Å². The van der Waals surface area contributed by atoms with Crippen molar-refractivity contribution in [3.63, 3.8) is 0 Å². The second kappa shape index (κ2) is 3.70. The summed E-state index contributed by atoms with van der Waals surface area (Å²) in [5, 5.41) is 0. The van der Waals surface area contributed by atoms with Crippen LogP contribution in [0.2, 0.25) is 5.54 Å². The van der Waals surface area contributed by atoms with E-state index in [1.807, 2.05) is 0 Å². The summed E-state index contributed by atoms with van der Waals surface area (Å²) in [4.78, 5) is 0. The lowest BCUT2D eigenvalue weighted by Gasteiger charge is -2.23. The molecule has 0 unspecified atom stereocenters. The van der Waals surface area contributed by atoms with Crippen LogP contribution in [-0.4, -0.2) is 21.4 Å². The molecule has 0 aliphatic heterocycles. The van der Waals surface area contributed by atoms with Crippen molar-refractivity contribution in [1.29, 1.82) is 0 Å². The SMILES string of the molecule is CO[Si](Br)(OC)C(C)C. The summed E-state index contributed by atoms with van der Waals surface area (Å²) in [5.41, 5.74) is 0.437. The van der Waals surface area contributed by atoms with Gasteiger partial charge >= 0.3 is 7.18 Å². The molecule has 4 heteroatoms. The van der Waals surface area contributed by atoms with Crippen LogP contribution in [-0.2, 0) is 8.85 Å². The minimum absolute atomic E-state index is 0.437. The lowest BCUT2D eigenvalue weighted by Crippen LogP contribution is -2.35. The molecular formula is C5H13BrO2Si. The van der Waals surface area contributed by atoms with E-state index in [9.17, 15) is 0 Å². The van der Waals surface area contributed by atoms with Crippen molar-refractivity contribution in [3.05, 3.63) is 0 Å². The van der Waals surface area contributed by atoms with Crippen molar-refractivity contribution < 1.29 is 8.85 Å². The molecule has 0 aliphatic rings. The smallest absolute Gasteiger partial charge is 0.390 e. The lowest BCUT2D eigenvalue weighted by atomic mass is 10.6. The molecule has 9 heavy (non-hydrogen) atoms. The Morgan fingerprint density at radius 2 is 1.56 bits per heavy atom. The Morgan fingerprint density at radius 1 is 1.22 bits per heavy atom. The van der Waals surface area contributed by atoms with Crippen molar-refractivity contribution in [2.45, 2.75) is 19.4 Å². The summed E-state index contributed by atoms with van der Waals surface area (Å²) in [7, 11) is 1.38. The van der Waals surface area contributed by atoms with Gasteiger partial charge in [-0.3, -0.25) is 0 Å². The van der Waals surface area contributed by atoms with Crippen molar-refractivity contribution in [2.75, 3.05) is 14.2 Å². The molecule has 2 nitrogen and oxygen atoms in total. The molecule has 0 heterocycles. The van der Waals surface area contributed by atoms with Crippen LogP contribution in [0.3, 0.4) is 0 Å². The highest BCUT2D eigenvalue weighted by atomic mass is 79.9. The first-order valence-corrected chi connectivity index (χ1v) is 7.01. The van der Waals surface area contributed by atoms with Crippen LogP contribution in [0.4, 0.5) is 0 Å². The van der Waals surface area contributed by atoms with Crippen molar-refractivity contribution >= 4 is 22.5 Å². The van der Waals surface area contributed by atoms with Gasteiger partial charge in [0.15, 0.2) is 0 Å². The summed E-state index contributed by atoms with van der Waals surface area (Å²) in [6.45, 7) is 4.15. The van der Waals surface area contributed by atoms with Crippen LogP contribution in [0.15, 0.2) is 0 Å². The second-order valence-corrected chi connectivity index (χ2v) is 8.60. The lowest BCUT2D eigenvalue weighted by molar-refractivity contribution is 0.261. The van der Waals surface area contributed by atoms with E-state index in [4.69, 9.17) is 8.85 Å². The van der Waals surface area contributed by atoms with Crippen LogP contribution < -0.4 is 0 Å². The van der Waals surface area contributed by atoms with Crippen molar-refractivity contribution in [1.82, 2.24) is 0 Å². The Kier molecular flexibility index (Phi) is 3.96. The van der Waals surface area contributed by atoms with Gasteiger partial charge in [-0.05, 0) is 0 Å². The molecule has 0 radical (unpaired) electrons. The summed E-state index contributed by atoms with van der Waals surface area (Å²) < 4.78 is 10.4. The van der Waals surface area contributed by atoms with Gasteiger partial charge in [-0.1, -0.05) is 29.1 Å².